The number of carbonyl (C=O) groups excluding carboxylic acids is 2. The van der Waals surface area contributed by atoms with E-state index in [1.807, 2.05) is 0 Å². The molecule has 0 heterocycles. The summed E-state index contributed by atoms with van der Waals surface area (Å²) in [6.45, 7) is 3.54. The minimum absolute atomic E-state index is 0.0815. The third-order valence-electron chi connectivity index (χ3n) is 11.7. The highest BCUT2D eigenvalue weighted by atomic mass is 31.2. The van der Waals surface area contributed by atoms with Crippen LogP contribution in [0.25, 0.3) is 0 Å². The second-order valence-corrected chi connectivity index (χ2v) is 19.6. The smallest absolute Gasteiger partial charge is 0.463 e. The fraction of sp³-hybridized carbons (Fsp3) is 0.818. The van der Waals surface area contributed by atoms with Crippen LogP contribution < -0.4 is 5.32 Å². The molecule has 0 spiro atoms. The van der Waals surface area contributed by atoms with Gasteiger partial charge in [0.15, 0.2) is 0 Å². The van der Waals surface area contributed by atoms with E-state index in [4.69, 9.17) is 13.8 Å². The van der Waals surface area contributed by atoms with Crippen LogP contribution in [0, 0.1) is 0 Å². The van der Waals surface area contributed by atoms with E-state index < -0.39 is 26.5 Å². The summed E-state index contributed by atoms with van der Waals surface area (Å²) >= 11 is 0. The molecule has 0 saturated carbocycles. The molecule has 0 rings (SSSR count). The van der Waals surface area contributed by atoms with Gasteiger partial charge in [0.25, 0.3) is 0 Å². The highest BCUT2D eigenvalue weighted by Gasteiger charge is 2.23. The number of phosphoric ester groups is 1. The quantitative estimate of drug-likeness (QED) is 0.0238. The van der Waals surface area contributed by atoms with Crippen molar-refractivity contribution in [2.45, 2.75) is 264 Å². The molecule has 0 aliphatic heterocycles. The summed E-state index contributed by atoms with van der Waals surface area (Å²) in [5.41, 5.74) is 0. The molecule has 0 radical (unpaired) electrons. The number of aliphatic hydroxyl groups is 1. The van der Waals surface area contributed by atoms with Crippen molar-refractivity contribution >= 4 is 19.7 Å². The van der Waals surface area contributed by atoms with Crippen molar-refractivity contribution in [3.63, 3.8) is 0 Å². The number of carbonyl (C=O) groups is 2. The maximum atomic E-state index is 12.2. The third kappa shape index (κ3) is 52.8. The lowest BCUT2D eigenvalue weighted by Gasteiger charge is -2.15. The maximum Gasteiger partial charge on any atom is 0.472 e. The first kappa shape index (κ1) is 63.0. The molecular formula is C55H102NO8P. The topological polar surface area (TPSA) is 131 Å². The molecule has 0 aliphatic rings. The second-order valence-electron chi connectivity index (χ2n) is 18.2. The van der Waals surface area contributed by atoms with Crippen LogP contribution >= 0.6 is 7.82 Å². The van der Waals surface area contributed by atoms with Gasteiger partial charge < -0.3 is 20.1 Å². The summed E-state index contributed by atoms with van der Waals surface area (Å²) in [5, 5.41) is 12.8. The number of hydrogen-bond acceptors (Lipinski definition) is 7. The Labute approximate surface area is 400 Å². The zero-order valence-electron chi connectivity index (χ0n) is 42.2. The Balaban J connectivity index is 3.53. The van der Waals surface area contributed by atoms with Crippen LogP contribution in [-0.4, -0.2) is 54.3 Å². The molecular weight excluding hydrogens is 834 g/mol. The number of ether oxygens (including phenoxy) is 1. The van der Waals surface area contributed by atoms with Gasteiger partial charge >= 0.3 is 13.8 Å². The van der Waals surface area contributed by atoms with E-state index >= 15 is 0 Å². The molecule has 0 bridgehead atoms. The van der Waals surface area contributed by atoms with E-state index in [9.17, 15) is 24.2 Å². The zero-order valence-corrected chi connectivity index (χ0v) is 43.1. The second kappa shape index (κ2) is 51.4. The molecule has 0 aromatic rings. The van der Waals surface area contributed by atoms with E-state index in [0.29, 0.717) is 6.42 Å². The number of aliphatic hydroxyl groups excluding tert-OH is 1. The molecule has 0 saturated heterocycles. The highest BCUT2D eigenvalue weighted by Crippen LogP contribution is 2.42. The number of phosphoric acid groups is 1. The van der Waals surface area contributed by atoms with E-state index in [1.54, 1.807) is 0 Å². The zero-order chi connectivity index (χ0) is 47.4. The summed E-state index contributed by atoms with van der Waals surface area (Å²) in [7, 11) is -4.43. The van der Waals surface area contributed by atoms with Crippen LogP contribution in [-0.2, 0) is 27.9 Å². The number of allylic oxidation sites excluding steroid dienone is 8. The number of amides is 1. The highest BCUT2D eigenvalue weighted by molar-refractivity contribution is 7.47. The van der Waals surface area contributed by atoms with Crippen molar-refractivity contribution in [1.82, 2.24) is 5.32 Å². The molecule has 3 N–H and O–H groups in total. The average molecular weight is 936 g/mol. The Hall–Kier alpha value is -2.03. The van der Waals surface area contributed by atoms with E-state index in [0.717, 1.165) is 51.4 Å². The maximum absolute atomic E-state index is 12.2. The monoisotopic (exact) mass is 936 g/mol. The summed E-state index contributed by atoms with van der Waals surface area (Å²) in [5.74, 6) is -0.512. The molecule has 65 heavy (non-hydrogen) atoms. The predicted molar refractivity (Wildman–Crippen MR) is 275 cm³/mol. The first-order valence-corrected chi connectivity index (χ1v) is 28.6. The van der Waals surface area contributed by atoms with Gasteiger partial charge in [0, 0.05) is 19.4 Å². The van der Waals surface area contributed by atoms with Gasteiger partial charge in [-0.2, -0.15) is 0 Å². The summed E-state index contributed by atoms with van der Waals surface area (Å²) in [4.78, 5) is 34.1. The Kier molecular flexibility index (Phi) is 49.8. The van der Waals surface area contributed by atoms with Crippen LogP contribution in [0.5, 0.6) is 0 Å². The molecule has 10 heteroatoms. The van der Waals surface area contributed by atoms with Gasteiger partial charge in [0.2, 0.25) is 5.91 Å². The molecule has 2 atom stereocenters. The van der Waals surface area contributed by atoms with Gasteiger partial charge in [0.05, 0.1) is 13.2 Å². The van der Waals surface area contributed by atoms with Crippen LogP contribution in [0.2, 0.25) is 0 Å². The molecule has 380 valence electrons. The summed E-state index contributed by atoms with van der Waals surface area (Å²) < 4.78 is 27.0. The number of unbranched alkanes of at least 4 members (excludes halogenated alkanes) is 30. The van der Waals surface area contributed by atoms with Gasteiger partial charge in [-0.15, -0.1) is 0 Å². The van der Waals surface area contributed by atoms with E-state index in [1.165, 1.54) is 180 Å². The van der Waals surface area contributed by atoms with Crippen LogP contribution in [0.4, 0.5) is 0 Å². The van der Waals surface area contributed by atoms with Gasteiger partial charge in [-0.05, 0) is 77.0 Å². The van der Waals surface area contributed by atoms with Gasteiger partial charge in [-0.3, -0.25) is 18.6 Å². The Bertz CT molecular complexity index is 1200. The Morgan fingerprint density at radius 3 is 1.23 bits per heavy atom. The number of rotatable bonds is 51. The number of hydrogen-bond donors (Lipinski definition) is 3. The minimum Gasteiger partial charge on any atom is -0.463 e. The predicted octanol–water partition coefficient (Wildman–Crippen LogP) is 16.2. The summed E-state index contributed by atoms with van der Waals surface area (Å²) in [6, 6.07) is 0. The van der Waals surface area contributed by atoms with Crippen molar-refractivity contribution in [1.29, 1.82) is 0 Å². The first-order valence-electron chi connectivity index (χ1n) is 27.1. The third-order valence-corrected chi connectivity index (χ3v) is 12.7. The largest absolute Gasteiger partial charge is 0.472 e. The molecule has 0 fully saturated rings. The van der Waals surface area contributed by atoms with Crippen molar-refractivity contribution in [2.75, 3.05) is 26.4 Å². The van der Waals surface area contributed by atoms with Crippen LogP contribution in [0.15, 0.2) is 48.6 Å². The number of nitrogens with one attached hydrogen (secondary N) is 1. The van der Waals surface area contributed by atoms with E-state index in [2.05, 4.69) is 67.8 Å². The van der Waals surface area contributed by atoms with Crippen LogP contribution in [0.1, 0.15) is 258 Å². The fourth-order valence-electron chi connectivity index (χ4n) is 7.62. The SMILES string of the molecule is CCCCC/C=C\C/C=C\CCCCCCCCCCCCCCCC(=O)NCCOP(=O)(O)OCC(O)COC(=O)CCCCCCCCCCCCC/C=C\C/C=C\CCCCC. The average Bonchev–Trinajstić information content (AvgIpc) is 3.29. The number of esters is 1. The summed E-state index contributed by atoms with van der Waals surface area (Å²) in [6.07, 6.45) is 61.9. The molecule has 0 aromatic carbocycles. The Morgan fingerprint density at radius 1 is 0.477 bits per heavy atom. The first-order chi connectivity index (χ1) is 31.8. The molecule has 0 aliphatic carbocycles. The van der Waals surface area contributed by atoms with Crippen molar-refractivity contribution < 1.29 is 37.9 Å². The standard InChI is InChI=1S/C55H102NO8P/c1-3-5-7-9-11-13-15-17-19-21-23-25-26-28-29-31-33-35-37-39-41-43-45-47-54(58)56-49-50-63-65(60,61)64-52-53(57)51-62-55(59)48-46-44-42-40-38-36-34-32-30-27-24-22-20-18-16-14-12-10-8-6-4-2/h11-14,17-20,53,57H,3-10,15-16,21-52H2,1-2H3,(H,56,58)(H,60,61)/b13-11-,14-12-,19-17-,20-18-. The van der Waals surface area contributed by atoms with Crippen molar-refractivity contribution in [3.05, 3.63) is 48.6 Å². The fourth-order valence-corrected chi connectivity index (χ4v) is 8.38. The van der Waals surface area contributed by atoms with Gasteiger partial charge in [-0.25, -0.2) is 4.57 Å². The lowest BCUT2D eigenvalue weighted by Crippen LogP contribution is -2.27. The van der Waals surface area contributed by atoms with Gasteiger partial charge in [-0.1, -0.05) is 217 Å². The molecule has 1 amide bonds. The normalized spacial score (nSPS) is 13.5. The molecule has 0 aromatic heterocycles. The molecule has 9 nitrogen and oxygen atoms in total. The minimum atomic E-state index is -4.43. The Morgan fingerprint density at radius 2 is 0.831 bits per heavy atom. The van der Waals surface area contributed by atoms with E-state index in [-0.39, 0.29) is 32.1 Å². The van der Waals surface area contributed by atoms with Crippen molar-refractivity contribution in [3.8, 4) is 0 Å². The lowest BCUT2D eigenvalue weighted by molar-refractivity contribution is -0.147. The molecule has 2 unspecified atom stereocenters. The lowest BCUT2D eigenvalue weighted by atomic mass is 10.0. The van der Waals surface area contributed by atoms with Crippen LogP contribution in [0.3, 0.4) is 0 Å². The van der Waals surface area contributed by atoms with Gasteiger partial charge in [0.1, 0.15) is 12.7 Å². The van der Waals surface area contributed by atoms with Crippen molar-refractivity contribution in [2.24, 2.45) is 0 Å².